The van der Waals surface area contributed by atoms with E-state index in [4.69, 9.17) is 11.6 Å². The van der Waals surface area contributed by atoms with E-state index in [-0.39, 0.29) is 23.7 Å². The molecule has 2 aliphatic rings. The summed E-state index contributed by atoms with van der Waals surface area (Å²) >= 11 is 5.77. The van der Waals surface area contributed by atoms with Gasteiger partial charge in [0.2, 0.25) is 11.8 Å². The summed E-state index contributed by atoms with van der Waals surface area (Å²) in [7, 11) is 0. The van der Waals surface area contributed by atoms with Crippen molar-refractivity contribution >= 4 is 23.4 Å². The average molecular weight is 186 g/mol. The Morgan fingerprint density at radius 2 is 2.00 bits per heavy atom. The molecule has 1 aliphatic carbocycles. The van der Waals surface area contributed by atoms with Crippen LogP contribution in [-0.2, 0) is 9.59 Å². The van der Waals surface area contributed by atoms with Gasteiger partial charge in [-0.05, 0) is 12.8 Å². The molecule has 64 valence electrons. The van der Waals surface area contributed by atoms with E-state index in [0.29, 0.717) is 17.9 Å². The molecule has 0 bridgehead atoms. The number of imide groups is 1. The van der Waals surface area contributed by atoms with E-state index in [1.54, 1.807) is 0 Å². The second-order valence-corrected chi connectivity index (χ2v) is 3.64. The summed E-state index contributed by atoms with van der Waals surface area (Å²) in [4.78, 5) is 22.3. The number of carbonyl (C=O) groups excluding carboxylic acids is 2. The van der Waals surface area contributed by atoms with Crippen LogP contribution in [0.25, 0.3) is 0 Å². The van der Waals surface area contributed by atoms with Crippen molar-refractivity contribution < 1.29 is 9.59 Å². The molecule has 0 unspecified atom stereocenters. The molecule has 1 saturated heterocycles. The smallest absolute Gasteiger partial charge is 0.230 e. The number of fused-ring (bicyclic) bond motifs is 1. The zero-order chi connectivity index (χ0) is 8.72. The summed E-state index contributed by atoms with van der Waals surface area (Å²) in [5, 5.41) is 3.00. The molecule has 3 nitrogen and oxygen atoms in total. The third-order valence-corrected chi connectivity index (χ3v) is 2.72. The maximum atomic E-state index is 11.1. The maximum absolute atomic E-state index is 11.1. The van der Waals surface area contributed by atoms with Crippen LogP contribution >= 0.6 is 11.6 Å². The molecule has 0 radical (unpaired) electrons. The van der Waals surface area contributed by atoms with Crippen LogP contribution in [0.2, 0.25) is 0 Å². The Balaban J connectivity index is 2.27. The van der Waals surface area contributed by atoms with E-state index >= 15 is 0 Å². The standard InChI is InChI=1S/C8H8ClNO2/c9-4-1-2-5-6(3-4)8(12)10-7(5)11/h1,5-6H,2-3H2,(H,10,11,12)/t5-,6+/m0/s1. The number of allylic oxidation sites excluding steroid dienone is 2. The van der Waals surface area contributed by atoms with E-state index in [1.807, 2.05) is 6.08 Å². The van der Waals surface area contributed by atoms with Crippen LogP contribution in [0.15, 0.2) is 11.1 Å². The molecule has 2 amide bonds. The minimum Gasteiger partial charge on any atom is -0.296 e. The first-order chi connectivity index (χ1) is 5.68. The van der Waals surface area contributed by atoms with Crippen molar-refractivity contribution in [3.63, 3.8) is 0 Å². The molecule has 1 aliphatic heterocycles. The summed E-state index contributed by atoms with van der Waals surface area (Å²) in [6.45, 7) is 0. The quantitative estimate of drug-likeness (QED) is 0.568. The third kappa shape index (κ3) is 1.05. The fourth-order valence-corrected chi connectivity index (χ4v) is 1.98. The largest absolute Gasteiger partial charge is 0.296 e. The van der Waals surface area contributed by atoms with Gasteiger partial charge in [-0.2, -0.15) is 0 Å². The van der Waals surface area contributed by atoms with Gasteiger partial charge in [0, 0.05) is 5.03 Å². The molecule has 1 fully saturated rings. The molecule has 0 aromatic carbocycles. The summed E-state index contributed by atoms with van der Waals surface area (Å²) in [6, 6.07) is 0. The minimum atomic E-state index is -0.213. The van der Waals surface area contributed by atoms with Crippen molar-refractivity contribution in [2.24, 2.45) is 11.8 Å². The fourth-order valence-electron chi connectivity index (χ4n) is 1.73. The van der Waals surface area contributed by atoms with E-state index in [9.17, 15) is 9.59 Å². The van der Waals surface area contributed by atoms with Crippen molar-refractivity contribution in [1.82, 2.24) is 5.32 Å². The van der Waals surface area contributed by atoms with Gasteiger partial charge in [0.25, 0.3) is 0 Å². The van der Waals surface area contributed by atoms with Gasteiger partial charge in [-0.15, -0.1) is 0 Å². The summed E-state index contributed by atoms with van der Waals surface area (Å²) < 4.78 is 0. The lowest BCUT2D eigenvalue weighted by Gasteiger charge is -2.17. The van der Waals surface area contributed by atoms with Crippen molar-refractivity contribution in [3.8, 4) is 0 Å². The Morgan fingerprint density at radius 3 is 2.75 bits per heavy atom. The van der Waals surface area contributed by atoms with Crippen LogP contribution in [-0.4, -0.2) is 11.8 Å². The summed E-state index contributed by atoms with van der Waals surface area (Å²) in [6.07, 6.45) is 2.94. The Hall–Kier alpha value is -0.830. The van der Waals surface area contributed by atoms with Crippen molar-refractivity contribution in [1.29, 1.82) is 0 Å². The molecule has 1 N–H and O–H groups in total. The molecule has 0 aromatic rings. The van der Waals surface area contributed by atoms with Crippen molar-refractivity contribution in [2.75, 3.05) is 0 Å². The van der Waals surface area contributed by atoms with Crippen molar-refractivity contribution in [3.05, 3.63) is 11.1 Å². The number of carbonyl (C=O) groups is 2. The van der Waals surface area contributed by atoms with Gasteiger partial charge in [-0.25, -0.2) is 0 Å². The zero-order valence-corrected chi connectivity index (χ0v) is 7.10. The molecule has 1 heterocycles. The number of hydrogen-bond donors (Lipinski definition) is 1. The molecule has 4 heteroatoms. The summed E-state index contributed by atoms with van der Waals surface area (Å²) in [5.74, 6) is -0.698. The van der Waals surface area contributed by atoms with E-state index in [1.165, 1.54) is 0 Å². The van der Waals surface area contributed by atoms with E-state index in [2.05, 4.69) is 5.32 Å². The number of hydrogen-bond acceptors (Lipinski definition) is 2. The van der Waals surface area contributed by atoms with Gasteiger partial charge < -0.3 is 0 Å². The highest BCUT2D eigenvalue weighted by Crippen LogP contribution is 2.34. The first kappa shape index (κ1) is 7.80. The molecule has 0 spiro atoms. The topological polar surface area (TPSA) is 46.2 Å². The van der Waals surface area contributed by atoms with E-state index in [0.717, 1.165) is 0 Å². The minimum absolute atomic E-state index is 0.148. The average Bonchev–Trinajstić information content (AvgIpc) is 2.28. The SMILES string of the molecule is O=C1NC(=O)[C@@H]2CC(Cl)=CC[C@H]12. The third-order valence-electron chi connectivity index (χ3n) is 2.41. The van der Waals surface area contributed by atoms with Gasteiger partial charge in [0.1, 0.15) is 0 Å². The van der Waals surface area contributed by atoms with Gasteiger partial charge in [-0.3, -0.25) is 14.9 Å². The predicted molar refractivity (Wildman–Crippen MR) is 43.3 cm³/mol. The first-order valence-corrected chi connectivity index (χ1v) is 4.25. The Morgan fingerprint density at radius 1 is 1.33 bits per heavy atom. The normalized spacial score (nSPS) is 34.2. The Bertz CT molecular complexity index is 285. The Kier molecular flexibility index (Phi) is 1.68. The van der Waals surface area contributed by atoms with Crippen LogP contribution in [0.4, 0.5) is 0 Å². The fraction of sp³-hybridized carbons (Fsp3) is 0.500. The lowest BCUT2D eigenvalue weighted by atomic mass is 9.85. The lowest BCUT2D eigenvalue weighted by Crippen LogP contribution is -2.22. The molecule has 0 aromatic heterocycles. The highest BCUT2D eigenvalue weighted by Gasteiger charge is 2.42. The van der Waals surface area contributed by atoms with Crippen molar-refractivity contribution in [2.45, 2.75) is 12.8 Å². The van der Waals surface area contributed by atoms with Crippen LogP contribution in [0, 0.1) is 11.8 Å². The van der Waals surface area contributed by atoms with Crippen LogP contribution < -0.4 is 5.32 Å². The predicted octanol–water partition coefficient (Wildman–Crippen LogP) is 0.792. The second-order valence-electron chi connectivity index (χ2n) is 3.16. The number of halogens is 1. The molecule has 2 atom stereocenters. The summed E-state index contributed by atoms with van der Waals surface area (Å²) in [5.41, 5.74) is 0. The molecule has 0 saturated carbocycles. The highest BCUT2D eigenvalue weighted by atomic mass is 35.5. The maximum Gasteiger partial charge on any atom is 0.230 e. The van der Waals surface area contributed by atoms with Crippen LogP contribution in [0.5, 0.6) is 0 Å². The number of amides is 2. The van der Waals surface area contributed by atoms with E-state index < -0.39 is 0 Å². The molecular weight excluding hydrogens is 178 g/mol. The first-order valence-electron chi connectivity index (χ1n) is 3.87. The van der Waals surface area contributed by atoms with Gasteiger partial charge in [0.05, 0.1) is 11.8 Å². The van der Waals surface area contributed by atoms with Gasteiger partial charge in [-0.1, -0.05) is 17.7 Å². The molecule has 2 rings (SSSR count). The number of rotatable bonds is 0. The number of nitrogens with one attached hydrogen (secondary N) is 1. The van der Waals surface area contributed by atoms with Crippen LogP contribution in [0.1, 0.15) is 12.8 Å². The highest BCUT2D eigenvalue weighted by molar-refractivity contribution is 6.30. The molecule has 12 heavy (non-hydrogen) atoms. The lowest BCUT2D eigenvalue weighted by molar-refractivity contribution is -0.126. The molecular formula is C8H8ClNO2. The zero-order valence-electron chi connectivity index (χ0n) is 6.34. The Labute approximate surface area is 74.8 Å². The second kappa shape index (κ2) is 2.59. The van der Waals surface area contributed by atoms with Crippen LogP contribution in [0.3, 0.4) is 0 Å². The van der Waals surface area contributed by atoms with Gasteiger partial charge >= 0.3 is 0 Å². The monoisotopic (exact) mass is 185 g/mol. The van der Waals surface area contributed by atoms with Gasteiger partial charge in [0.15, 0.2) is 0 Å².